The van der Waals surface area contributed by atoms with Gasteiger partial charge >= 0.3 is 0 Å². The van der Waals surface area contributed by atoms with Gasteiger partial charge in [-0.1, -0.05) is 18.2 Å². The number of nitrogens with zero attached hydrogens (tertiary/aromatic N) is 2. The Morgan fingerprint density at radius 3 is 2.85 bits per heavy atom. The lowest BCUT2D eigenvalue weighted by Gasteiger charge is -2.16. The van der Waals surface area contributed by atoms with Crippen molar-refractivity contribution in [1.82, 2.24) is 20.1 Å². The Balaban J connectivity index is 1.57. The molecule has 27 heavy (non-hydrogen) atoms. The van der Waals surface area contributed by atoms with Crippen LogP contribution < -0.4 is 10.9 Å². The molecule has 0 radical (unpaired) electrons. The highest BCUT2D eigenvalue weighted by Crippen LogP contribution is 2.33. The molecular formula is C22H26N4O. The molecule has 3 aromatic rings. The number of H-pyrrole nitrogens is 1. The van der Waals surface area contributed by atoms with E-state index in [1.165, 1.54) is 24.0 Å². The zero-order valence-electron chi connectivity index (χ0n) is 15.8. The van der Waals surface area contributed by atoms with Crippen LogP contribution in [0.1, 0.15) is 42.4 Å². The summed E-state index contributed by atoms with van der Waals surface area (Å²) in [6, 6.07) is 8.66. The summed E-state index contributed by atoms with van der Waals surface area (Å²) in [7, 11) is 1.91. The van der Waals surface area contributed by atoms with Gasteiger partial charge in [-0.3, -0.25) is 9.48 Å². The molecule has 0 unspecified atom stereocenters. The molecule has 1 saturated carbocycles. The number of aryl methyl sites for hydroxylation is 2. The highest BCUT2D eigenvalue weighted by atomic mass is 16.1. The summed E-state index contributed by atoms with van der Waals surface area (Å²) in [5, 5.41) is 9.50. The molecule has 0 bridgehead atoms. The van der Waals surface area contributed by atoms with Crippen LogP contribution in [0.3, 0.4) is 0 Å². The number of aromatic nitrogens is 3. The zero-order valence-corrected chi connectivity index (χ0v) is 15.8. The zero-order chi connectivity index (χ0) is 18.4. The number of nitrogens with one attached hydrogen (secondary N) is 2. The van der Waals surface area contributed by atoms with Gasteiger partial charge in [0.1, 0.15) is 11.3 Å². The number of pyridine rings is 1. The molecule has 2 N–H and O–H groups in total. The van der Waals surface area contributed by atoms with Gasteiger partial charge < -0.3 is 10.3 Å². The predicted molar refractivity (Wildman–Crippen MR) is 108 cm³/mol. The van der Waals surface area contributed by atoms with Crippen molar-refractivity contribution in [1.29, 1.82) is 0 Å². The summed E-state index contributed by atoms with van der Waals surface area (Å²) in [6.45, 7) is 2.01. The maximum atomic E-state index is 12.5. The van der Waals surface area contributed by atoms with Gasteiger partial charge in [-0.15, -0.1) is 0 Å². The first kappa shape index (κ1) is 16.8. The number of fused-ring (bicyclic) bond motifs is 3. The molecule has 2 aromatic heterocycles. The van der Waals surface area contributed by atoms with E-state index in [0.29, 0.717) is 0 Å². The summed E-state index contributed by atoms with van der Waals surface area (Å²) in [4.78, 5) is 15.6. The molecule has 0 amide bonds. The van der Waals surface area contributed by atoms with Crippen molar-refractivity contribution < 1.29 is 0 Å². The summed E-state index contributed by atoms with van der Waals surface area (Å²) in [5.41, 5.74) is 6.48. The van der Waals surface area contributed by atoms with E-state index >= 15 is 0 Å². The van der Waals surface area contributed by atoms with Crippen molar-refractivity contribution in [2.45, 2.75) is 45.1 Å². The topological polar surface area (TPSA) is 62.7 Å². The summed E-state index contributed by atoms with van der Waals surface area (Å²) < 4.78 is 1.82. The van der Waals surface area contributed by atoms with E-state index in [2.05, 4.69) is 34.6 Å². The maximum absolute atomic E-state index is 12.5. The van der Waals surface area contributed by atoms with Crippen molar-refractivity contribution in [2.24, 2.45) is 13.0 Å². The molecule has 0 saturated heterocycles. The minimum Gasteiger partial charge on any atom is -0.312 e. The van der Waals surface area contributed by atoms with E-state index < -0.39 is 0 Å². The Hall–Kier alpha value is -2.40. The molecule has 0 spiro atoms. The first-order valence-electron chi connectivity index (χ1n) is 10.1. The van der Waals surface area contributed by atoms with Gasteiger partial charge in [0.25, 0.3) is 5.56 Å². The van der Waals surface area contributed by atoms with E-state index in [1.54, 1.807) is 0 Å². The average Bonchev–Trinajstić information content (AvgIpc) is 3.45. The number of aromatic amines is 1. The second-order valence-electron chi connectivity index (χ2n) is 8.09. The van der Waals surface area contributed by atoms with Gasteiger partial charge in [-0.25, -0.2) is 0 Å². The fourth-order valence-electron chi connectivity index (χ4n) is 4.34. The minimum absolute atomic E-state index is 0.0600. The van der Waals surface area contributed by atoms with E-state index in [0.717, 1.165) is 72.5 Å². The molecular weight excluding hydrogens is 336 g/mol. The van der Waals surface area contributed by atoms with Gasteiger partial charge in [-0.05, 0) is 68.2 Å². The second-order valence-corrected chi connectivity index (χ2v) is 8.09. The molecule has 0 atom stereocenters. The quantitative estimate of drug-likeness (QED) is 0.732. The molecule has 1 aromatic carbocycles. The molecule has 5 rings (SSSR count). The molecule has 2 aliphatic rings. The minimum atomic E-state index is 0.0600. The highest BCUT2D eigenvalue weighted by Gasteiger charge is 2.23. The fraction of sp³-hybridized carbons (Fsp3) is 0.455. The Labute approximate surface area is 158 Å². The Kier molecular flexibility index (Phi) is 4.12. The third kappa shape index (κ3) is 3.10. The first-order valence-corrected chi connectivity index (χ1v) is 10.1. The molecule has 1 fully saturated rings. The van der Waals surface area contributed by atoms with E-state index in [-0.39, 0.29) is 5.56 Å². The van der Waals surface area contributed by atoms with Crippen molar-refractivity contribution in [3.8, 4) is 11.3 Å². The summed E-state index contributed by atoms with van der Waals surface area (Å²) in [5.74, 6) is 0.885. The Morgan fingerprint density at radius 2 is 2.04 bits per heavy atom. The van der Waals surface area contributed by atoms with Gasteiger partial charge in [-0.2, -0.15) is 5.10 Å². The maximum Gasteiger partial charge on any atom is 0.253 e. The van der Waals surface area contributed by atoms with Gasteiger partial charge in [0, 0.05) is 30.1 Å². The summed E-state index contributed by atoms with van der Waals surface area (Å²) in [6.07, 6.45) is 6.83. The normalized spacial score (nSPS) is 16.6. The molecule has 140 valence electrons. The van der Waals surface area contributed by atoms with Crippen LogP contribution >= 0.6 is 0 Å². The fourth-order valence-corrected chi connectivity index (χ4v) is 4.34. The molecule has 5 heteroatoms. The smallest absolute Gasteiger partial charge is 0.253 e. The number of benzene rings is 1. The van der Waals surface area contributed by atoms with Crippen molar-refractivity contribution in [3.63, 3.8) is 0 Å². The lowest BCUT2D eigenvalue weighted by atomic mass is 9.89. The SMILES string of the molecule is Cn1nc(-c2cccc(CNCC3CC3)c2)c2c3c(c(=O)[nH]c21)CCCC3. The van der Waals surface area contributed by atoms with Gasteiger partial charge in [0.2, 0.25) is 0 Å². The monoisotopic (exact) mass is 362 g/mol. The van der Waals surface area contributed by atoms with Crippen LogP contribution in [0.25, 0.3) is 22.3 Å². The second kappa shape index (κ2) is 6.64. The van der Waals surface area contributed by atoms with Crippen LogP contribution in [0.15, 0.2) is 29.1 Å². The molecule has 0 aliphatic heterocycles. The van der Waals surface area contributed by atoms with Crippen molar-refractivity contribution in [2.75, 3.05) is 6.54 Å². The first-order chi connectivity index (χ1) is 13.2. The van der Waals surface area contributed by atoms with Gasteiger partial charge in [0.05, 0.1) is 0 Å². The average molecular weight is 362 g/mol. The van der Waals surface area contributed by atoms with Crippen LogP contribution in [0.4, 0.5) is 0 Å². The van der Waals surface area contributed by atoms with Crippen LogP contribution in [-0.2, 0) is 26.4 Å². The summed E-state index contributed by atoms with van der Waals surface area (Å²) >= 11 is 0. The van der Waals surface area contributed by atoms with E-state index in [1.807, 2.05) is 11.7 Å². The number of hydrogen-bond donors (Lipinski definition) is 2. The van der Waals surface area contributed by atoms with Crippen molar-refractivity contribution in [3.05, 3.63) is 51.3 Å². The standard InChI is InChI=1S/C22H26N4O/c1-26-21-19(17-7-2-3-8-18(17)22(27)24-21)20(25-26)16-6-4-5-15(11-16)13-23-12-14-9-10-14/h4-6,11,14,23H,2-3,7-10,12-13H2,1H3,(H,24,27). The van der Waals surface area contributed by atoms with Crippen LogP contribution in [-0.4, -0.2) is 21.3 Å². The molecule has 5 nitrogen and oxygen atoms in total. The Bertz CT molecular complexity index is 1060. The Morgan fingerprint density at radius 1 is 1.22 bits per heavy atom. The lowest BCUT2D eigenvalue weighted by Crippen LogP contribution is -2.19. The van der Waals surface area contributed by atoms with Crippen LogP contribution in [0.5, 0.6) is 0 Å². The van der Waals surface area contributed by atoms with E-state index in [9.17, 15) is 4.79 Å². The van der Waals surface area contributed by atoms with E-state index in [4.69, 9.17) is 5.10 Å². The van der Waals surface area contributed by atoms with Crippen LogP contribution in [0, 0.1) is 5.92 Å². The third-order valence-corrected chi connectivity index (χ3v) is 5.98. The number of hydrogen-bond acceptors (Lipinski definition) is 3. The third-order valence-electron chi connectivity index (χ3n) is 5.98. The van der Waals surface area contributed by atoms with Crippen molar-refractivity contribution >= 4 is 11.0 Å². The number of rotatable bonds is 5. The van der Waals surface area contributed by atoms with Gasteiger partial charge in [0.15, 0.2) is 0 Å². The molecule has 2 heterocycles. The van der Waals surface area contributed by atoms with Crippen LogP contribution in [0.2, 0.25) is 0 Å². The lowest BCUT2D eigenvalue weighted by molar-refractivity contribution is 0.639. The predicted octanol–water partition coefficient (Wildman–Crippen LogP) is 3.31. The molecule has 2 aliphatic carbocycles. The largest absolute Gasteiger partial charge is 0.312 e. The highest BCUT2D eigenvalue weighted by molar-refractivity contribution is 5.94.